The fourth-order valence-corrected chi connectivity index (χ4v) is 2.26. The predicted molar refractivity (Wildman–Crippen MR) is 76.5 cm³/mol. The minimum atomic E-state index is 0.571. The zero-order valence-corrected chi connectivity index (χ0v) is 12.5. The second-order valence-corrected chi connectivity index (χ2v) is 5.27. The van der Waals surface area contributed by atoms with Gasteiger partial charge >= 0.3 is 0 Å². The molecule has 2 atom stereocenters. The van der Waals surface area contributed by atoms with Gasteiger partial charge in [0, 0.05) is 37.9 Å². The molecular weight excluding hydrogens is 224 g/mol. The number of rotatable bonds is 8. The molecule has 0 amide bonds. The van der Waals surface area contributed by atoms with Gasteiger partial charge in [-0.2, -0.15) is 5.10 Å². The van der Waals surface area contributed by atoms with E-state index in [4.69, 9.17) is 0 Å². The second-order valence-electron chi connectivity index (χ2n) is 5.27. The summed E-state index contributed by atoms with van der Waals surface area (Å²) in [5.74, 6) is 0.710. The molecule has 0 spiro atoms. The number of nitrogens with one attached hydrogen (secondary N) is 1. The first-order chi connectivity index (χ1) is 8.56. The molecule has 0 radical (unpaired) electrons. The topological polar surface area (TPSA) is 33.1 Å². The number of hydrogen-bond donors (Lipinski definition) is 1. The molecule has 0 aromatic carbocycles. The highest BCUT2D eigenvalue weighted by Crippen LogP contribution is 2.10. The van der Waals surface area contributed by atoms with E-state index in [2.05, 4.69) is 49.3 Å². The van der Waals surface area contributed by atoms with Crippen LogP contribution < -0.4 is 5.32 Å². The van der Waals surface area contributed by atoms with Crippen molar-refractivity contribution in [2.75, 3.05) is 20.1 Å². The van der Waals surface area contributed by atoms with Crippen molar-refractivity contribution in [3.63, 3.8) is 0 Å². The maximum absolute atomic E-state index is 4.21. The average molecular weight is 252 g/mol. The summed E-state index contributed by atoms with van der Waals surface area (Å²) in [5, 5.41) is 7.80. The van der Waals surface area contributed by atoms with E-state index in [1.165, 1.54) is 12.0 Å². The lowest BCUT2D eigenvalue weighted by Gasteiger charge is -2.28. The summed E-state index contributed by atoms with van der Waals surface area (Å²) in [4.78, 5) is 2.37. The van der Waals surface area contributed by atoms with Crippen LogP contribution >= 0.6 is 0 Å². The third-order valence-corrected chi connectivity index (χ3v) is 3.52. The Labute approximate surface area is 111 Å². The zero-order chi connectivity index (χ0) is 13.5. The molecule has 0 saturated carbocycles. The highest BCUT2D eigenvalue weighted by molar-refractivity contribution is 5.03. The van der Waals surface area contributed by atoms with Crippen molar-refractivity contribution in [3.8, 4) is 0 Å². The monoisotopic (exact) mass is 252 g/mol. The lowest BCUT2D eigenvalue weighted by Crippen LogP contribution is -2.43. The van der Waals surface area contributed by atoms with Crippen LogP contribution in [0.25, 0.3) is 0 Å². The fraction of sp³-hybridized carbons (Fsp3) is 0.786. The van der Waals surface area contributed by atoms with Crippen molar-refractivity contribution in [1.82, 2.24) is 20.0 Å². The first kappa shape index (κ1) is 15.2. The van der Waals surface area contributed by atoms with Gasteiger partial charge in [-0.25, -0.2) is 0 Å². The van der Waals surface area contributed by atoms with Crippen LogP contribution in [0.3, 0.4) is 0 Å². The predicted octanol–water partition coefficient (Wildman–Crippen LogP) is 1.88. The molecule has 1 rings (SSSR count). The summed E-state index contributed by atoms with van der Waals surface area (Å²) in [6, 6.07) is 0.571. The number of aryl methyl sites for hydroxylation is 1. The Hall–Kier alpha value is -0.870. The molecule has 1 N–H and O–H groups in total. The van der Waals surface area contributed by atoms with Crippen LogP contribution in [0, 0.1) is 5.92 Å². The molecule has 0 saturated heterocycles. The Kier molecular flexibility index (Phi) is 6.36. The van der Waals surface area contributed by atoms with Gasteiger partial charge in [0.2, 0.25) is 0 Å². The summed E-state index contributed by atoms with van der Waals surface area (Å²) in [7, 11) is 4.14. The molecule has 1 heterocycles. The Bertz CT molecular complexity index is 334. The lowest BCUT2D eigenvalue weighted by molar-refractivity contribution is 0.240. The maximum Gasteiger partial charge on any atom is 0.0534 e. The van der Waals surface area contributed by atoms with Crippen molar-refractivity contribution in [1.29, 1.82) is 0 Å². The molecule has 0 aliphatic rings. The van der Waals surface area contributed by atoms with Crippen molar-refractivity contribution in [2.45, 2.75) is 39.8 Å². The molecule has 18 heavy (non-hydrogen) atoms. The third-order valence-electron chi connectivity index (χ3n) is 3.52. The van der Waals surface area contributed by atoms with E-state index in [1.807, 2.05) is 17.9 Å². The minimum Gasteiger partial charge on any atom is -0.313 e. The van der Waals surface area contributed by atoms with Crippen LogP contribution in [-0.2, 0) is 13.6 Å². The lowest BCUT2D eigenvalue weighted by atomic mass is 9.98. The summed E-state index contributed by atoms with van der Waals surface area (Å²) >= 11 is 0. The molecule has 4 nitrogen and oxygen atoms in total. The van der Waals surface area contributed by atoms with E-state index in [0.29, 0.717) is 12.0 Å². The van der Waals surface area contributed by atoms with E-state index >= 15 is 0 Å². The van der Waals surface area contributed by atoms with E-state index in [0.717, 1.165) is 19.6 Å². The largest absolute Gasteiger partial charge is 0.313 e. The van der Waals surface area contributed by atoms with Gasteiger partial charge in [-0.3, -0.25) is 4.68 Å². The van der Waals surface area contributed by atoms with E-state index in [-0.39, 0.29) is 0 Å². The Morgan fingerprint density at radius 3 is 2.67 bits per heavy atom. The van der Waals surface area contributed by atoms with Crippen LogP contribution in [0.1, 0.15) is 32.8 Å². The summed E-state index contributed by atoms with van der Waals surface area (Å²) in [5.41, 5.74) is 1.28. The smallest absolute Gasteiger partial charge is 0.0534 e. The Morgan fingerprint density at radius 1 is 1.44 bits per heavy atom. The van der Waals surface area contributed by atoms with Crippen LogP contribution in [0.4, 0.5) is 0 Å². The average Bonchev–Trinajstić information content (AvgIpc) is 2.73. The summed E-state index contributed by atoms with van der Waals surface area (Å²) in [6.07, 6.45) is 5.25. The van der Waals surface area contributed by atoms with Gasteiger partial charge in [-0.05, 0) is 19.5 Å². The quantitative estimate of drug-likeness (QED) is 0.767. The number of hydrogen-bond acceptors (Lipinski definition) is 3. The fourth-order valence-electron chi connectivity index (χ4n) is 2.26. The van der Waals surface area contributed by atoms with Gasteiger partial charge in [-0.1, -0.05) is 27.2 Å². The van der Waals surface area contributed by atoms with Crippen LogP contribution in [0.15, 0.2) is 12.4 Å². The molecular formula is C14H28N4. The highest BCUT2D eigenvalue weighted by atomic mass is 15.2. The third kappa shape index (κ3) is 4.78. The van der Waals surface area contributed by atoms with E-state index < -0.39 is 0 Å². The maximum atomic E-state index is 4.21. The molecule has 104 valence electrons. The van der Waals surface area contributed by atoms with Crippen molar-refractivity contribution >= 4 is 0 Å². The first-order valence-corrected chi connectivity index (χ1v) is 6.96. The summed E-state index contributed by atoms with van der Waals surface area (Å²) in [6.45, 7) is 9.84. The van der Waals surface area contributed by atoms with Gasteiger partial charge in [-0.15, -0.1) is 0 Å². The summed E-state index contributed by atoms with van der Waals surface area (Å²) < 4.78 is 1.86. The van der Waals surface area contributed by atoms with Gasteiger partial charge in [0.15, 0.2) is 0 Å². The van der Waals surface area contributed by atoms with E-state index in [1.54, 1.807) is 0 Å². The highest BCUT2D eigenvalue weighted by Gasteiger charge is 2.16. The number of nitrogens with zero attached hydrogens (tertiary/aromatic N) is 3. The van der Waals surface area contributed by atoms with Gasteiger partial charge in [0.05, 0.1) is 6.20 Å². The van der Waals surface area contributed by atoms with Crippen molar-refractivity contribution in [3.05, 3.63) is 18.0 Å². The standard InChI is InChI=1S/C14H28N4/c1-6-12(3)14(15-7-2)11-17(4)9-13-8-16-18(5)10-13/h8,10,12,14-15H,6-7,9,11H2,1-5H3. The number of likely N-dealkylation sites (N-methyl/N-ethyl adjacent to an activating group) is 2. The van der Waals surface area contributed by atoms with Gasteiger partial charge in [0.25, 0.3) is 0 Å². The van der Waals surface area contributed by atoms with Crippen LogP contribution in [-0.4, -0.2) is 40.9 Å². The van der Waals surface area contributed by atoms with Gasteiger partial charge < -0.3 is 10.2 Å². The molecule has 4 heteroatoms. The molecule has 1 aromatic heterocycles. The minimum absolute atomic E-state index is 0.571. The van der Waals surface area contributed by atoms with Crippen molar-refractivity contribution < 1.29 is 0 Å². The van der Waals surface area contributed by atoms with Crippen LogP contribution in [0.5, 0.6) is 0 Å². The molecule has 0 fully saturated rings. The van der Waals surface area contributed by atoms with E-state index in [9.17, 15) is 0 Å². The van der Waals surface area contributed by atoms with Gasteiger partial charge in [0.1, 0.15) is 0 Å². The molecule has 1 aromatic rings. The molecule has 0 aliphatic carbocycles. The van der Waals surface area contributed by atoms with Crippen LogP contribution in [0.2, 0.25) is 0 Å². The Balaban J connectivity index is 2.47. The SMILES string of the molecule is CCNC(CN(C)Cc1cnn(C)c1)C(C)CC. The number of aromatic nitrogens is 2. The first-order valence-electron chi connectivity index (χ1n) is 6.96. The zero-order valence-electron chi connectivity index (χ0n) is 12.5. The molecule has 0 aliphatic heterocycles. The Morgan fingerprint density at radius 2 is 2.17 bits per heavy atom. The molecule has 0 bridgehead atoms. The van der Waals surface area contributed by atoms with Crippen molar-refractivity contribution in [2.24, 2.45) is 13.0 Å². The second kappa shape index (κ2) is 7.54. The normalized spacial score (nSPS) is 15.0. The molecule has 2 unspecified atom stereocenters.